The van der Waals surface area contributed by atoms with E-state index in [9.17, 15) is 18.5 Å². The Morgan fingerprint density at radius 3 is 2.80 bits per heavy atom. The van der Waals surface area contributed by atoms with Crippen LogP contribution in [0.3, 0.4) is 0 Å². The Kier molecular flexibility index (Phi) is 4.28. The van der Waals surface area contributed by atoms with E-state index in [1.165, 1.54) is 12.5 Å². The van der Waals surface area contributed by atoms with E-state index in [4.69, 9.17) is 11.6 Å². The number of rotatable bonds is 5. The first-order chi connectivity index (χ1) is 9.40. The molecule has 0 atom stereocenters. The first kappa shape index (κ1) is 14.8. The minimum Gasteiger partial charge on any atom is -0.258 e. The smallest absolute Gasteiger partial charge is 0.258 e. The second-order valence-electron chi connectivity index (χ2n) is 3.51. The van der Waals surface area contributed by atoms with Crippen molar-refractivity contribution >= 4 is 38.6 Å². The Labute approximate surface area is 122 Å². The van der Waals surface area contributed by atoms with Crippen LogP contribution in [-0.2, 0) is 16.6 Å². The van der Waals surface area contributed by atoms with Crippen LogP contribution in [-0.4, -0.2) is 23.3 Å². The van der Waals surface area contributed by atoms with Gasteiger partial charge in [-0.2, -0.15) is 0 Å². The molecule has 2 rings (SSSR count). The van der Waals surface area contributed by atoms with Gasteiger partial charge in [0.05, 0.1) is 17.2 Å². The van der Waals surface area contributed by atoms with Gasteiger partial charge >= 0.3 is 0 Å². The van der Waals surface area contributed by atoms with Crippen LogP contribution in [0, 0.1) is 10.1 Å². The maximum Gasteiger partial charge on any atom is 0.300 e. The lowest BCUT2D eigenvalue weighted by molar-refractivity contribution is -0.384. The van der Waals surface area contributed by atoms with Crippen molar-refractivity contribution in [3.8, 4) is 0 Å². The van der Waals surface area contributed by atoms with Gasteiger partial charge in [0.1, 0.15) is 10.5 Å². The monoisotopic (exact) mass is 334 g/mol. The van der Waals surface area contributed by atoms with Gasteiger partial charge in [-0.15, -0.1) is 11.3 Å². The fourth-order valence-electron chi connectivity index (χ4n) is 1.26. The van der Waals surface area contributed by atoms with E-state index in [0.29, 0.717) is 17.0 Å². The molecule has 11 heteroatoms. The van der Waals surface area contributed by atoms with E-state index in [-0.39, 0.29) is 15.1 Å². The Hall–Kier alpha value is -1.62. The second kappa shape index (κ2) is 5.79. The zero-order valence-electron chi connectivity index (χ0n) is 9.69. The lowest BCUT2D eigenvalue weighted by Crippen LogP contribution is -2.22. The fraction of sp³-hybridized carbons (Fsp3) is 0.111. The first-order valence-corrected chi connectivity index (χ1v) is 7.76. The summed E-state index contributed by atoms with van der Waals surface area (Å²) < 4.78 is 25.8. The summed E-state index contributed by atoms with van der Waals surface area (Å²) in [4.78, 5) is 17.5. The number of sulfonamides is 1. The van der Waals surface area contributed by atoms with Crippen LogP contribution >= 0.6 is 22.9 Å². The van der Waals surface area contributed by atoms with Crippen LogP contribution in [0.15, 0.2) is 28.9 Å². The van der Waals surface area contributed by atoms with Gasteiger partial charge in [0.15, 0.2) is 4.34 Å². The third-order valence-electron chi connectivity index (χ3n) is 2.19. The summed E-state index contributed by atoms with van der Waals surface area (Å²) in [6, 6.07) is 2.47. The van der Waals surface area contributed by atoms with Crippen LogP contribution in [0.25, 0.3) is 0 Å². The molecule has 0 aliphatic heterocycles. The molecule has 1 N–H and O–H groups in total. The van der Waals surface area contributed by atoms with Crippen LogP contribution in [0.4, 0.5) is 5.69 Å². The van der Waals surface area contributed by atoms with E-state index in [1.807, 2.05) is 0 Å². The van der Waals surface area contributed by atoms with Gasteiger partial charge in [-0.25, -0.2) is 23.1 Å². The number of nitrogens with zero attached hydrogens (tertiary/aromatic N) is 3. The maximum atomic E-state index is 12.0. The van der Waals surface area contributed by atoms with E-state index in [0.717, 1.165) is 6.07 Å². The van der Waals surface area contributed by atoms with Gasteiger partial charge in [-0.1, -0.05) is 11.6 Å². The fourth-order valence-corrected chi connectivity index (χ4v) is 3.97. The number of thiophene rings is 1. The van der Waals surface area contributed by atoms with Crippen LogP contribution in [0.1, 0.15) is 5.69 Å². The molecule has 0 unspecified atom stereocenters. The van der Waals surface area contributed by atoms with Crippen molar-refractivity contribution in [2.75, 3.05) is 0 Å². The van der Waals surface area contributed by atoms with Crippen molar-refractivity contribution in [3.63, 3.8) is 0 Å². The highest BCUT2D eigenvalue weighted by atomic mass is 35.5. The minimum absolute atomic E-state index is 0.0475. The molecule has 20 heavy (non-hydrogen) atoms. The Balaban J connectivity index is 2.18. The Morgan fingerprint density at radius 2 is 2.25 bits per heavy atom. The van der Waals surface area contributed by atoms with Crippen LogP contribution in [0.2, 0.25) is 4.34 Å². The Bertz CT molecular complexity index is 732. The third-order valence-corrected chi connectivity index (χ3v) is 5.41. The molecule has 0 radical (unpaired) electrons. The molecule has 2 aromatic heterocycles. The molecule has 0 amide bonds. The molecule has 2 heterocycles. The van der Waals surface area contributed by atoms with Crippen LogP contribution < -0.4 is 4.72 Å². The predicted molar refractivity (Wildman–Crippen MR) is 72.0 cm³/mol. The molecule has 0 saturated heterocycles. The predicted octanol–water partition coefficient (Wildman–Crippen LogP) is 1.58. The summed E-state index contributed by atoms with van der Waals surface area (Å²) in [5.41, 5.74) is 0.0415. The average molecular weight is 335 g/mol. The molecular weight excluding hydrogens is 328 g/mol. The van der Waals surface area contributed by atoms with Gasteiger partial charge in [0.25, 0.3) is 15.7 Å². The van der Waals surface area contributed by atoms with Crippen molar-refractivity contribution in [2.24, 2.45) is 0 Å². The van der Waals surface area contributed by atoms with Crippen molar-refractivity contribution < 1.29 is 13.3 Å². The topological polar surface area (TPSA) is 115 Å². The lowest BCUT2D eigenvalue weighted by Gasteiger charge is -2.03. The van der Waals surface area contributed by atoms with Gasteiger partial charge in [-0.3, -0.25) is 10.1 Å². The van der Waals surface area contributed by atoms with Gasteiger partial charge in [0, 0.05) is 12.3 Å². The molecule has 106 valence electrons. The number of aromatic nitrogens is 2. The zero-order valence-corrected chi connectivity index (χ0v) is 12.1. The molecule has 2 aromatic rings. The van der Waals surface area contributed by atoms with Crippen molar-refractivity contribution in [1.82, 2.24) is 14.7 Å². The Morgan fingerprint density at radius 1 is 1.50 bits per heavy atom. The number of nitro groups is 1. The molecule has 0 saturated carbocycles. The quantitative estimate of drug-likeness (QED) is 0.655. The normalized spacial score (nSPS) is 11.4. The first-order valence-electron chi connectivity index (χ1n) is 5.08. The van der Waals surface area contributed by atoms with E-state index < -0.39 is 20.6 Å². The molecule has 0 aromatic carbocycles. The zero-order chi connectivity index (χ0) is 14.8. The second-order valence-corrected chi connectivity index (χ2v) is 7.15. The third kappa shape index (κ3) is 3.28. The summed E-state index contributed by atoms with van der Waals surface area (Å²) in [5.74, 6) is 0. The molecule has 8 nitrogen and oxygen atoms in total. The van der Waals surface area contributed by atoms with Crippen molar-refractivity contribution in [1.29, 1.82) is 0 Å². The molecule has 0 aliphatic carbocycles. The summed E-state index contributed by atoms with van der Waals surface area (Å²) in [6.07, 6.45) is 2.76. The number of nitrogens with one attached hydrogen (secondary N) is 1. The van der Waals surface area contributed by atoms with Crippen molar-refractivity contribution in [3.05, 3.63) is 44.8 Å². The number of hydrogen-bond donors (Lipinski definition) is 1. The van der Waals surface area contributed by atoms with Gasteiger partial charge in [0.2, 0.25) is 0 Å². The summed E-state index contributed by atoms with van der Waals surface area (Å²) in [5, 5.41) is 10.6. The molecule has 0 spiro atoms. The molecule has 0 aliphatic rings. The van der Waals surface area contributed by atoms with E-state index in [1.54, 1.807) is 6.07 Å². The summed E-state index contributed by atoms with van der Waals surface area (Å²) in [6.45, 7) is -0.0475. The largest absolute Gasteiger partial charge is 0.300 e. The minimum atomic E-state index is -3.87. The van der Waals surface area contributed by atoms with Crippen molar-refractivity contribution in [2.45, 2.75) is 10.8 Å². The average Bonchev–Trinajstić information content (AvgIpc) is 2.81. The number of hydrogen-bond acceptors (Lipinski definition) is 7. The highest BCUT2D eigenvalue weighted by Crippen LogP contribution is 2.36. The van der Waals surface area contributed by atoms with Gasteiger partial charge < -0.3 is 0 Å². The van der Waals surface area contributed by atoms with Gasteiger partial charge in [-0.05, 0) is 6.07 Å². The molecule has 0 bridgehead atoms. The standard InChI is InChI=1S/C9H7ClN4O4S2/c10-9-7(14(15)16)3-8(19-9)20(17,18)13-4-6-1-2-11-5-12-6/h1-3,5,13H,4H2. The lowest BCUT2D eigenvalue weighted by atomic mass is 10.4. The molecular formula is C9H7ClN4O4S2. The summed E-state index contributed by atoms with van der Waals surface area (Å²) in [7, 11) is -3.87. The maximum absolute atomic E-state index is 12.0. The summed E-state index contributed by atoms with van der Waals surface area (Å²) >= 11 is 6.25. The van der Waals surface area contributed by atoms with E-state index >= 15 is 0 Å². The molecule has 0 fully saturated rings. The number of halogens is 1. The SMILES string of the molecule is O=[N+]([O-])c1cc(S(=O)(=O)NCc2ccncn2)sc1Cl. The highest BCUT2D eigenvalue weighted by molar-refractivity contribution is 7.91. The van der Waals surface area contributed by atoms with Crippen LogP contribution in [0.5, 0.6) is 0 Å². The highest BCUT2D eigenvalue weighted by Gasteiger charge is 2.25. The van der Waals surface area contributed by atoms with E-state index in [2.05, 4.69) is 14.7 Å².